The van der Waals surface area contributed by atoms with E-state index in [0.29, 0.717) is 44.3 Å². The van der Waals surface area contributed by atoms with E-state index in [4.69, 9.17) is 9.26 Å². The number of aromatic nitrogens is 2. The van der Waals surface area contributed by atoms with Gasteiger partial charge in [0.25, 0.3) is 0 Å². The summed E-state index contributed by atoms with van der Waals surface area (Å²) in [4.78, 5) is 18.4. The molecule has 0 radical (unpaired) electrons. The molecule has 6 nitrogen and oxygen atoms in total. The van der Waals surface area contributed by atoms with Crippen molar-refractivity contribution in [2.45, 2.75) is 58.5 Å². The molecule has 118 valence electrons. The van der Waals surface area contributed by atoms with E-state index in [1.165, 1.54) is 0 Å². The maximum Gasteiger partial charge on any atom is 0.226 e. The SMILES string of the molecule is C[C@H]1CN(C(=O)CCCc2nc(C(C)(C)C)no2)CCO1. The van der Waals surface area contributed by atoms with Crippen LogP contribution >= 0.6 is 0 Å². The molecule has 6 heteroatoms. The number of rotatable bonds is 4. The smallest absolute Gasteiger partial charge is 0.226 e. The number of carbonyl (C=O) groups is 1. The maximum atomic E-state index is 12.1. The van der Waals surface area contributed by atoms with Gasteiger partial charge in [0, 0.05) is 31.3 Å². The third kappa shape index (κ3) is 4.52. The quantitative estimate of drug-likeness (QED) is 0.849. The lowest BCUT2D eigenvalue weighted by Crippen LogP contribution is -2.44. The molecular weight excluding hydrogens is 270 g/mol. The Kier molecular flexibility index (Phi) is 4.98. The lowest BCUT2D eigenvalue weighted by Gasteiger charge is -2.31. The predicted molar refractivity (Wildman–Crippen MR) is 77.9 cm³/mol. The standard InChI is InChI=1S/C15H25N3O3/c1-11-10-18(8-9-20-11)13(19)7-5-6-12-16-14(17-21-12)15(2,3)4/h11H,5-10H2,1-4H3/t11-/m0/s1. The predicted octanol–water partition coefficient (Wildman–Crippen LogP) is 1.94. The molecule has 1 aromatic heterocycles. The van der Waals surface area contributed by atoms with E-state index in [1.54, 1.807) is 0 Å². The van der Waals surface area contributed by atoms with E-state index >= 15 is 0 Å². The first-order valence-electron chi connectivity index (χ1n) is 7.58. The number of hydrogen-bond acceptors (Lipinski definition) is 5. The molecule has 1 atom stereocenters. The zero-order chi connectivity index (χ0) is 15.5. The minimum absolute atomic E-state index is 0.110. The number of nitrogens with zero attached hydrogens (tertiary/aromatic N) is 3. The second-order valence-corrected chi connectivity index (χ2v) is 6.64. The van der Waals surface area contributed by atoms with Crippen LogP contribution in [0.15, 0.2) is 4.52 Å². The highest BCUT2D eigenvalue weighted by Crippen LogP contribution is 2.19. The van der Waals surface area contributed by atoms with Crippen molar-refractivity contribution >= 4 is 5.91 Å². The Hall–Kier alpha value is -1.43. The average Bonchev–Trinajstić information content (AvgIpc) is 2.87. The Labute approximate surface area is 125 Å². The van der Waals surface area contributed by atoms with Crippen LogP contribution in [-0.2, 0) is 21.4 Å². The molecule has 1 amide bonds. The van der Waals surface area contributed by atoms with Crippen molar-refractivity contribution in [3.8, 4) is 0 Å². The van der Waals surface area contributed by atoms with Gasteiger partial charge in [-0.05, 0) is 13.3 Å². The van der Waals surface area contributed by atoms with Crippen molar-refractivity contribution in [2.75, 3.05) is 19.7 Å². The number of amides is 1. The molecule has 21 heavy (non-hydrogen) atoms. The highest BCUT2D eigenvalue weighted by Gasteiger charge is 2.22. The van der Waals surface area contributed by atoms with Crippen molar-refractivity contribution in [1.29, 1.82) is 0 Å². The normalized spacial score (nSPS) is 19.8. The molecule has 0 aromatic carbocycles. The number of ether oxygens (including phenoxy) is 1. The van der Waals surface area contributed by atoms with Crippen LogP contribution in [0.3, 0.4) is 0 Å². The van der Waals surface area contributed by atoms with Crippen molar-refractivity contribution in [1.82, 2.24) is 15.0 Å². The zero-order valence-electron chi connectivity index (χ0n) is 13.4. The molecule has 0 bridgehead atoms. The first-order chi connectivity index (χ1) is 9.86. The van der Waals surface area contributed by atoms with Crippen LogP contribution in [0.4, 0.5) is 0 Å². The van der Waals surface area contributed by atoms with Gasteiger partial charge < -0.3 is 14.2 Å². The fourth-order valence-electron chi connectivity index (χ4n) is 2.25. The minimum Gasteiger partial charge on any atom is -0.375 e. The molecule has 0 N–H and O–H groups in total. The third-order valence-corrected chi connectivity index (χ3v) is 3.51. The number of morpholine rings is 1. The maximum absolute atomic E-state index is 12.1. The van der Waals surface area contributed by atoms with E-state index in [1.807, 2.05) is 32.6 Å². The van der Waals surface area contributed by atoms with Gasteiger partial charge in [-0.3, -0.25) is 4.79 Å². The Morgan fingerprint density at radius 1 is 1.43 bits per heavy atom. The average molecular weight is 295 g/mol. The number of carbonyl (C=O) groups excluding carboxylic acids is 1. The van der Waals surface area contributed by atoms with Crippen molar-refractivity contribution in [2.24, 2.45) is 0 Å². The summed E-state index contributed by atoms with van der Waals surface area (Å²) >= 11 is 0. The Morgan fingerprint density at radius 2 is 2.19 bits per heavy atom. The van der Waals surface area contributed by atoms with Gasteiger partial charge in [-0.1, -0.05) is 25.9 Å². The van der Waals surface area contributed by atoms with Crippen molar-refractivity contribution < 1.29 is 14.1 Å². The van der Waals surface area contributed by atoms with Gasteiger partial charge in [0.1, 0.15) is 0 Å². The Morgan fingerprint density at radius 3 is 2.81 bits per heavy atom. The van der Waals surface area contributed by atoms with Crippen LogP contribution in [0.25, 0.3) is 0 Å². The number of hydrogen-bond donors (Lipinski definition) is 0. The fraction of sp³-hybridized carbons (Fsp3) is 0.800. The minimum atomic E-state index is -0.110. The van der Waals surface area contributed by atoms with Crippen LogP contribution in [0.1, 0.15) is 52.3 Å². The van der Waals surface area contributed by atoms with Gasteiger partial charge >= 0.3 is 0 Å². The van der Waals surface area contributed by atoms with E-state index in [-0.39, 0.29) is 17.4 Å². The largest absolute Gasteiger partial charge is 0.375 e. The molecule has 2 heterocycles. The summed E-state index contributed by atoms with van der Waals surface area (Å²) in [6.45, 7) is 10.1. The second kappa shape index (κ2) is 6.56. The van der Waals surface area contributed by atoms with Gasteiger partial charge in [0.2, 0.25) is 11.8 Å². The highest BCUT2D eigenvalue weighted by atomic mass is 16.5. The molecule has 0 spiro atoms. The molecule has 0 unspecified atom stereocenters. The van der Waals surface area contributed by atoms with Crippen LogP contribution in [0.2, 0.25) is 0 Å². The van der Waals surface area contributed by atoms with Gasteiger partial charge in [-0.2, -0.15) is 4.98 Å². The Bertz CT molecular complexity index is 479. The summed E-state index contributed by atoms with van der Waals surface area (Å²) in [7, 11) is 0. The topological polar surface area (TPSA) is 68.5 Å². The van der Waals surface area contributed by atoms with E-state index in [0.717, 1.165) is 6.42 Å². The summed E-state index contributed by atoms with van der Waals surface area (Å²) in [6, 6.07) is 0. The first kappa shape index (κ1) is 15.9. The first-order valence-corrected chi connectivity index (χ1v) is 7.58. The molecule has 1 saturated heterocycles. The summed E-state index contributed by atoms with van der Waals surface area (Å²) in [5.74, 6) is 1.51. The van der Waals surface area contributed by atoms with E-state index in [2.05, 4.69) is 10.1 Å². The Balaban J connectivity index is 1.76. The van der Waals surface area contributed by atoms with Crippen LogP contribution in [-0.4, -0.2) is 46.7 Å². The summed E-state index contributed by atoms with van der Waals surface area (Å²) in [5, 5.41) is 3.99. The monoisotopic (exact) mass is 295 g/mol. The van der Waals surface area contributed by atoms with Crippen molar-refractivity contribution in [3.63, 3.8) is 0 Å². The number of aryl methyl sites for hydroxylation is 1. The van der Waals surface area contributed by atoms with Crippen molar-refractivity contribution in [3.05, 3.63) is 11.7 Å². The molecule has 0 saturated carbocycles. The summed E-state index contributed by atoms with van der Waals surface area (Å²) < 4.78 is 10.7. The molecular formula is C15H25N3O3. The lowest BCUT2D eigenvalue weighted by atomic mass is 9.96. The van der Waals surface area contributed by atoms with Crippen LogP contribution in [0.5, 0.6) is 0 Å². The molecule has 1 fully saturated rings. The summed E-state index contributed by atoms with van der Waals surface area (Å²) in [5.41, 5.74) is -0.110. The fourth-order valence-corrected chi connectivity index (χ4v) is 2.25. The third-order valence-electron chi connectivity index (χ3n) is 3.51. The molecule has 1 aliphatic rings. The molecule has 0 aliphatic carbocycles. The van der Waals surface area contributed by atoms with Gasteiger partial charge in [0.05, 0.1) is 12.7 Å². The molecule has 1 aliphatic heterocycles. The van der Waals surface area contributed by atoms with Gasteiger partial charge in [-0.25, -0.2) is 0 Å². The zero-order valence-corrected chi connectivity index (χ0v) is 13.4. The van der Waals surface area contributed by atoms with Crippen LogP contribution < -0.4 is 0 Å². The lowest BCUT2D eigenvalue weighted by molar-refractivity contribution is -0.138. The molecule has 2 rings (SSSR count). The van der Waals surface area contributed by atoms with Gasteiger partial charge in [0.15, 0.2) is 5.82 Å². The van der Waals surface area contributed by atoms with Gasteiger partial charge in [-0.15, -0.1) is 0 Å². The van der Waals surface area contributed by atoms with E-state index in [9.17, 15) is 4.79 Å². The molecule has 1 aromatic rings. The van der Waals surface area contributed by atoms with E-state index < -0.39 is 0 Å². The van der Waals surface area contributed by atoms with Crippen LogP contribution in [0, 0.1) is 0 Å². The summed E-state index contributed by atoms with van der Waals surface area (Å²) in [6.07, 6.45) is 2.03. The highest BCUT2D eigenvalue weighted by molar-refractivity contribution is 5.76. The second-order valence-electron chi connectivity index (χ2n) is 6.64.